The summed E-state index contributed by atoms with van der Waals surface area (Å²) in [5, 5.41) is 3.34. The Kier molecular flexibility index (Phi) is 4.42. The van der Waals surface area contributed by atoms with Crippen LogP contribution in [0.15, 0.2) is 36.8 Å². The average Bonchev–Trinajstić information content (AvgIpc) is 3.10. The first kappa shape index (κ1) is 18.4. The molecule has 1 atom stereocenters. The number of halogens is 3. The number of alkyl halides is 3. The first-order chi connectivity index (χ1) is 14.0. The fourth-order valence-corrected chi connectivity index (χ4v) is 4.21. The Bertz CT molecular complexity index is 1030. The topological polar surface area (TPSA) is 58.4 Å². The van der Waals surface area contributed by atoms with E-state index in [1.807, 2.05) is 6.07 Å². The first-order valence-electron chi connectivity index (χ1n) is 9.82. The predicted molar refractivity (Wildman–Crippen MR) is 103 cm³/mol. The minimum Gasteiger partial charge on any atom is -0.356 e. The Morgan fingerprint density at radius 3 is 2.69 bits per heavy atom. The minimum atomic E-state index is -4.42. The zero-order valence-electron chi connectivity index (χ0n) is 15.7. The molecular weight excluding hydrogens is 381 g/mol. The molecule has 0 aromatic carbocycles. The van der Waals surface area contributed by atoms with Gasteiger partial charge in [0.2, 0.25) is 0 Å². The van der Waals surface area contributed by atoms with E-state index in [1.165, 1.54) is 23.1 Å². The smallest absolute Gasteiger partial charge is 0.356 e. The van der Waals surface area contributed by atoms with E-state index in [9.17, 15) is 13.2 Å². The van der Waals surface area contributed by atoms with Gasteiger partial charge in [0.05, 0.1) is 11.8 Å². The van der Waals surface area contributed by atoms with Crippen molar-refractivity contribution in [3.63, 3.8) is 0 Å². The molecule has 2 saturated heterocycles. The second-order valence-corrected chi connectivity index (χ2v) is 7.79. The van der Waals surface area contributed by atoms with Crippen LogP contribution < -0.4 is 10.2 Å². The summed E-state index contributed by atoms with van der Waals surface area (Å²) in [6.07, 6.45) is 2.16. The minimum absolute atomic E-state index is 0.377. The Labute approximate surface area is 165 Å². The standard InChI is InChI=1S/C20H21F3N6/c21-20(22,23)15-3-4-17-26-10-16(29(17)12-15)19-25-6-5-18(27-19)28-7-1-2-13(11-28)14-8-24-9-14/h3-6,10,12-14,24H,1-2,7-9,11H2. The molecule has 5 heterocycles. The van der Waals surface area contributed by atoms with Crippen molar-refractivity contribution >= 4 is 11.5 Å². The zero-order valence-corrected chi connectivity index (χ0v) is 15.7. The zero-order chi connectivity index (χ0) is 20.0. The lowest BCUT2D eigenvalue weighted by Gasteiger charge is -2.41. The van der Waals surface area contributed by atoms with Gasteiger partial charge < -0.3 is 10.2 Å². The van der Waals surface area contributed by atoms with Crippen molar-refractivity contribution in [3.05, 3.63) is 42.4 Å². The molecule has 6 nitrogen and oxygen atoms in total. The Morgan fingerprint density at radius 2 is 1.93 bits per heavy atom. The molecule has 9 heteroatoms. The van der Waals surface area contributed by atoms with Crippen LogP contribution in [0.25, 0.3) is 17.2 Å². The second-order valence-electron chi connectivity index (χ2n) is 7.79. The van der Waals surface area contributed by atoms with Gasteiger partial charge in [0.25, 0.3) is 0 Å². The van der Waals surface area contributed by atoms with E-state index >= 15 is 0 Å². The quantitative estimate of drug-likeness (QED) is 0.729. The van der Waals surface area contributed by atoms with E-state index in [4.69, 9.17) is 0 Å². The molecule has 29 heavy (non-hydrogen) atoms. The van der Waals surface area contributed by atoms with Gasteiger partial charge in [-0.1, -0.05) is 0 Å². The Hall–Kier alpha value is -2.68. The van der Waals surface area contributed by atoms with Gasteiger partial charge in [-0.05, 0) is 56.0 Å². The van der Waals surface area contributed by atoms with Crippen LogP contribution in [0.3, 0.4) is 0 Å². The van der Waals surface area contributed by atoms with Crippen molar-refractivity contribution in [2.24, 2.45) is 11.8 Å². The molecule has 2 fully saturated rings. The fourth-order valence-electron chi connectivity index (χ4n) is 4.21. The number of hydrogen-bond acceptors (Lipinski definition) is 5. The summed E-state index contributed by atoms with van der Waals surface area (Å²) >= 11 is 0. The number of pyridine rings is 1. The molecule has 3 aromatic heterocycles. The van der Waals surface area contributed by atoms with Crippen LogP contribution >= 0.6 is 0 Å². The molecular formula is C20H21F3N6. The van der Waals surface area contributed by atoms with Crippen molar-refractivity contribution < 1.29 is 13.2 Å². The van der Waals surface area contributed by atoms with Crippen molar-refractivity contribution in [1.29, 1.82) is 0 Å². The lowest BCUT2D eigenvalue weighted by molar-refractivity contribution is -0.137. The van der Waals surface area contributed by atoms with Crippen molar-refractivity contribution in [2.75, 3.05) is 31.1 Å². The summed E-state index contributed by atoms with van der Waals surface area (Å²) in [6, 6.07) is 4.26. The maximum absolute atomic E-state index is 13.1. The summed E-state index contributed by atoms with van der Waals surface area (Å²) in [5.41, 5.74) is 0.149. The van der Waals surface area contributed by atoms with Gasteiger partial charge in [0, 0.05) is 25.5 Å². The van der Waals surface area contributed by atoms with Gasteiger partial charge in [0.15, 0.2) is 5.82 Å². The molecule has 0 bridgehead atoms. The fraction of sp³-hybridized carbons (Fsp3) is 0.450. The third-order valence-corrected chi connectivity index (χ3v) is 5.96. The van der Waals surface area contributed by atoms with Gasteiger partial charge in [-0.3, -0.25) is 4.40 Å². The Morgan fingerprint density at radius 1 is 1.07 bits per heavy atom. The molecule has 0 aliphatic carbocycles. The molecule has 1 N–H and O–H groups in total. The maximum Gasteiger partial charge on any atom is 0.417 e. The summed E-state index contributed by atoms with van der Waals surface area (Å²) in [4.78, 5) is 15.5. The molecule has 5 rings (SSSR count). The van der Waals surface area contributed by atoms with Gasteiger partial charge in [-0.25, -0.2) is 15.0 Å². The third kappa shape index (κ3) is 3.43. The first-order valence-corrected chi connectivity index (χ1v) is 9.82. The number of aromatic nitrogens is 4. The SMILES string of the molecule is FC(F)(F)c1ccc2ncc(-c3nccc(N4CCCC(C5CNC5)C4)n3)n2c1. The van der Waals surface area contributed by atoms with Crippen LogP contribution in [0.2, 0.25) is 0 Å². The van der Waals surface area contributed by atoms with E-state index in [0.717, 1.165) is 56.6 Å². The molecule has 2 aliphatic heterocycles. The molecule has 0 spiro atoms. The van der Waals surface area contributed by atoms with E-state index in [-0.39, 0.29) is 0 Å². The van der Waals surface area contributed by atoms with Crippen LogP contribution in [0, 0.1) is 11.8 Å². The summed E-state index contributed by atoms with van der Waals surface area (Å²) in [6.45, 7) is 4.04. The van der Waals surface area contributed by atoms with Gasteiger partial charge in [-0.15, -0.1) is 0 Å². The Balaban J connectivity index is 1.46. The molecule has 0 radical (unpaired) electrons. The molecule has 0 amide bonds. The normalized spacial score (nSPS) is 20.8. The number of fused-ring (bicyclic) bond motifs is 1. The van der Waals surface area contributed by atoms with Crippen molar-refractivity contribution in [3.8, 4) is 11.5 Å². The second kappa shape index (κ2) is 6.98. The van der Waals surface area contributed by atoms with Crippen LogP contribution in [-0.2, 0) is 6.18 Å². The highest BCUT2D eigenvalue weighted by Gasteiger charge is 2.32. The van der Waals surface area contributed by atoms with Crippen molar-refractivity contribution in [1.82, 2.24) is 24.7 Å². The number of hydrogen-bond donors (Lipinski definition) is 1. The van der Waals surface area contributed by atoms with Crippen LogP contribution in [0.4, 0.5) is 19.0 Å². The number of piperidine rings is 1. The summed E-state index contributed by atoms with van der Waals surface area (Å²) in [7, 11) is 0. The van der Waals surface area contributed by atoms with Gasteiger partial charge >= 0.3 is 6.18 Å². The predicted octanol–water partition coefficient (Wildman–Crippen LogP) is 3.25. The van der Waals surface area contributed by atoms with Crippen LogP contribution in [0.1, 0.15) is 18.4 Å². The lowest BCUT2D eigenvalue weighted by atomic mass is 9.82. The third-order valence-electron chi connectivity index (χ3n) is 5.96. The number of anilines is 1. The highest BCUT2D eigenvalue weighted by molar-refractivity contribution is 5.59. The van der Waals surface area contributed by atoms with Crippen LogP contribution in [0.5, 0.6) is 0 Å². The molecule has 2 aliphatic rings. The monoisotopic (exact) mass is 402 g/mol. The maximum atomic E-state index is 13.1. The van der Waals surface area contributed by atoms with E-state index in [1.54, 1.807) is 6.20 Å². The molecule has 152 valence electrons. The highest BCUT2D eigenvalue weighted by Crippen LogP contribution is 2.31. The number of imidazole rings is 1. The molecule has 1 unspecified atom stereocenters. The molecule has 3 aromatic rings. The van der Waals surface area contributed by atoms with E-state index in [0.29, 0.717) is 23.1 Å². The highest BCUT2D eigenvalue weighted by atomic mass is 19.4. The van der Waals surface area contributed by atoms with Crippen molar-refractivity contribution in [2.45, 2.75) is 19.0 Å². The number of nitrogens with zero attached hydrogens (tertiary/aromatic N) is 5. The lowest BCUT2D eigenvalue weighted by Crippen LogP contribution is -2.51. The average molecular weight is 402 g/mol. The van der Waals surface area contributed by atoms with E-state index < -0.39 is 11.7 Å². The largest absolute Gasteiger partial charge is 0.417 e. The summed E-state index contributed by atoms with van der Waals surface area (Å²) in [5.74, 6) is 2.56. The van der Waals surface area contributed by atoms with Crippen LogP contribution in [-0.4, -0.2) is 45.5 Å². The molecule has 0 saturated carbocycles. The summed E-state index contributed by atoms with van der Waals surface area (Å²) < 4.78 is 40.8. The van der Waals surface area contributed by atoms with Gasteiger partial charge in [0.1, 0.15) is 17.2 Å². The van der Waals surface area contributed by atoms with Gasteiger partial charge in [-0.2, -0.15) is 13.2 Å². The number of nitrogens with one attached hydrogen (secondary N) is 1. The van der Waals surface area contributed by atoms with E-state index in [2.05, 4.69) is 25.2 Å². The number of rotatable bonds is 3.